The maximum Gasteiger partial charge on any atom is 0.488 e. The van der Waals surface area contributed by atoms with Crippen LogP contribution in [0.15, 0.2) is 29.3 Å². The zero-order valence-corrected chi connectivity index (χ0v) is 8.49. The minimum Gasteiger partial charge on any atom is -0.358 e. The highest BCUT2D eigenvalue weighted by molar-refractivity contribution is 7.81. The molecule has 0 amide bonds. The molecular weight excluding hydrogens is 239 g/mol. The fourth-order valence-electron chi connectivity index (χ4n) is 1.21. The first-order chi connectivity index (χ1) is 7.46. The van der Waals surface area contributed by atoms with E-state index in [0.717, 1.165) is 6.07 Å². The first kappa shape index (κ1) is 10.6. The second-order valence-corrected chi connectivity index (χ2v) is 3.84. The molecule has 1 heterocycles. The van der Waals surface area contributed by atoms with Gasteiger partial charge in [0.25, 0.3) is 5.56 Å². The molecule has 6 nitrogen and oxygen atoms in total. The van der Waals surface area contributed by atoms with Crippen molar-refractivity contribution in [3.05, 3.63) is 34.9 Å². The molecule has 0 bridgehead atoms. The number of aromatic amines is 1. The standard InChI is InChI=1S/C8H5FN2O4S/c9-16(13,14)15-5-1-2-7-6(3-5)8(12)11-4-10-7/h1-4H,(H,10,11,12). The lowest BCUT2D eigenvalue weighted by atomic mass is 10.2. The quantitative estimate of drug-likeness (QED) is 0.778. The molecule has 0 spiro atoms. The Morgan fingerprint density at radius 1 is 1.38 bits per heavy atom. The Labute approximate surface area is 89.1 Å². The van der Waals surface area contributed by atoms with Crippen molar-refractivity contribution in [3.63, 3.8) is 0 Å². The van der Waals surface area contributed by atoms with Crippen LogP contribution in [0.2, 0.25) is 0 Å². The van der Waals surface area contributed by atoms with Crippen LogP contribution in [0.4, 0.5) is 3.89 Å². The molecule has 0 atom stereocenters. The molecule has 0 saturated carbocycles. The fourth-order valence-corrected chi connectivity index (χ4v) is 1.55. The Morgan fingerprint density at radius 2 is 2.12 bits per heavy atom. The van der Waals surface area contributed by atoms with Crippen molar-refractivity contribution in [2.24, 2.45) is 0 Å². The van der Waals surface area contributed by atoms with Gasteiger partial charge in [0, 0.05) is 0 Å². The molecule has 0 aliphatic heterocycles. The lowest BCUT2D eigenvalue weighted by Crippen LogP contribution is -2.07. The van der Waals surface area contributed by atoms with Crippen molar-refractivity contribution in [3.8, 4) is 5.75 Å². The van der Waals surface area contributed by atoms with E-state index in [-0.39, 0.29) is 11.1 Å². The van der Waals surface area contributed by atoms with Crippen molar-refractivity contribution >= 4 is 21.4 Å². The number of nitrogens with one attached hydrogen (secondary N) is 1. The number of rotatable bonds is 2. The van der Waals surface area contributed by atoms with Gasteiger partial charge in [-0.25, -0.2) is 4.98 Å². The van der Waals surface area contributed by atoms with Crippen LogP contribution < -0.4 is 9.74 Å². The van der Waals surface area contributed by atoms with Crippen molar-refractivity contribution in [2.45, 2.75) is 0 Å². The molecule has 16 heavy (non-hydrogen) atoms. The highest BCUT2D eigenvalue weighted by atomic mass is 32.3. The minimum absolute atomic E-state index is 0.114. The van der Waals surface area contributed by atoms with Crippen LogP contribution in [-0.4, -0.2) is 18.4 Å². The lowest BCUT2D eigenvalue weighted by Gasteiger charge is -2.00. The largest absolute Gasteiger partial charge is 0.488 e. The predicted molar refractivity (Wildman–Crippen MR) is 53.0 cm³/mol. The van der Waals surface area contributed by atoms with Gasteiger partial charge in [0.2, 0.25) is 0 Å². The van der Waals surface area contributed by atoms with Gasteiger partial charge >= 0.3 is 10.5 Å². The molecule has 1 aromatic heterocycles. The summed E-state index contributed by atoms with van der Waals surface area (Å²) >= 11 is 0. The van der Waals surface area contributed by atoms with E-state index in [4.69, 9.17) is 0 Å². The van der Waals surface area contributed by atoms with Crippen LogP contribution >= 0.6 is 0 Å². The number of nitrogens with zero attached hydrogens (tertiary/aromatic N) is 1. The van der Waals surface area contributed by atoms with Gasteiger partial charge in [0.15, 0.2) is 0 Å². The Morgan fingerprint density at radius 3 is 2.81 bits per heavy atom. The molecule has 0 unspecified atom stereocenters. The summed E-state index contributed by atoms with van der Waals surface area (Å²) in [5.41, 5.74) is -0.112. The number of H-pyrrole nitrogens is 1. The maximum atomic E-state index is 12.2. The minimum atomic E-state index is -5.09. The molecule has 2 aromatic rings. The third kappa shape index (κ3) is 2.16. The van der Waals surface area contributed by atoms with Crippen molar-refractivity contribution in [2.75, 3.05) is 0 Å². The van der Waals surface area contributed by atoms with E-state index in [1.807, 2.05) is 0 Å². The van der Waals surface area contributed by atoms with Crippen LogP contribution in [0.1, 0.15) is 0 Å². The van der Waals surface area contributed by atoms with E-state index in [1.54, 1.807) is 0 Å². The Hall–Kier alpha value is -1.96. The van der Waals surface area contributed by atoms with Crippen LogP contribution in [-0.2, 0) is 10.5 Å². The van der Waals surface area contributed by atoms with Gasteiger partial charge in [-0.3, -0.25) is 4.79 Å². The highest BCUT2D eigenvalue weighted by Crippen LogP contribution is 2.18. The van der Waals surface area contributed by atoms with Gasteiger partial charge in [-0.1, -0.05) is 3.89 Å². The normalized spacial score (nSPS) is 11.6. The number of hydrogen-bond donors (Lipinski definition) is 1. The van der Waals surface area contributed by atoms with Crippen molar-refractivity contribution in [1.82, 2.24) is 9.97 Å². The van der Waals surface area contributed by atoms with Gasteiger partial charge in [0.05, 0.1) is 17.2 Å². The fraction of sp³-hybridized carbons (Fsp3) is 0. The summed E-state index contributed by atoms with van der Waals surface area (Å²) in [6.07, 6.45) is 1.21. The van der Waals surface area contributed by atoms with E-state index in [2.05, 4.69) is 14.2 Å². The number of aromatic nitrogens is 2. The molecule has 1 aromatic carbocycles. The summed E-state index contributed by atoms with van der Waals surface area (Å²) in [6, 6.07) is 3.65. The number of hydrogen-bond acceptors (Lipinski definition) is 5. The van der Waals surface area contributed by atoms with Crippen LogP contribution in [0.3, 0.4) is 0 Å². The van der Waals surface area contributed by atoms with Gasteiger partial charge in [-0.05, 0) is 18.2 Å². The topological polar surface area (TPSA) is 89.1 Å². The van der Waals surface area contributed by atoms with Gasteiger partial charge in [-0.2, -0.15) is 8.42 Å². The van der Waals surface area contributed by atoms with Crippen LogP contribution in [0.5, 0.6) is 5.75 Å². The smallest absolute Gasteiger partial charge is 0.358 e. The Balaban J connectivity index is 2.60. The molecule has 2 rings (SSSR count). The zero-order chi connectivity index (χ0) is 11.8. The molecule has 0 radical (unpaired) electrons. The summed E-state index contributed by atoms with van der Waals surface area (Å²) in [6.45, 7) is 0. The third-order valence-electron chi connectivity index (χ3n) is 1.81. The molecule has 84 valence electrons. The third-order valence-corrected chi connectivity index (χ3v) is 2.20. The van der Waals surface area contributed by atoms with E-state index in [0.29, 0.717) is 5.52 Å². The molecule has 0 saturated heterocycles. The first-order valence-electron chi connectivity index (χ1n) is 4.07. The number of benzene rings is 1. The average Bonchev–Trinajstić information content (AvgIpc) is 2.17. The van der Waals surface area contributed by atoms with Gasteiger partial charge in [0.1, 0.15) is 5.75 Å². The summed E-state index contributed by atoms with van der Waals surface area (Å²) in [5, 5.41) is 0.114. The second kappa shape index (κ2) is 3.56. The number of halogens is 1. The van der Waals surface area contributed by atoms with E-state index in [1.165, 1.54) is 18.5 Å². The lowest BCUT2D eigenvalue weighted by molar-refractivity contribution is 0.440. The molecular formula is C8H5FN2O4S. The zero-order valence-electron chi connectivity index (χ0n) is 7.68. The monoisotopic (exact) mass is 244 g/mol. The number of fused-ring (bicyclic) bond motifs is 1. The van der Waals surface area contributed by atoms with Gasteiger partial charge < -0.3 is 9.17 Å². The van der Waals surface area contributed by atoms with E-state index < -0.39 is 16.1 Å². The van der Waals surface area contributed by atoms with E-state index >= 15 is 0 Å². The molecule has 0 aliphatic carbocycles. The summed E-state index contributed by atoms with van der Waals surface area (Å²) in [7, 11) is -5.09. The average molecular weight is 244 g/mol. The Kier molecular flexibility index (Phi) is 2.35. The summed E-state index contributed by atoms with van der Waals surface area (Å²) < 4.78 is 36.7. The maximum absolute atomic E-state index is 12.2. The molecule has 0 fully saturated rings. The molecule has 0 aliphatic rings. The van der Waals surface area contributed by atoms with Gasteiger partial charge in [-0.15, -0.1) is 0 Å². The molecule has 1 N–H and O–H groups in total. The van der Waals surface area contributed by atoms with Crippen molar-refractivity contribution in [1.29, 1.82) is 0 Å². The SMILES string of the molecule is O=c1[nH]cnc2ccc(OS(=O)(=O)F)cc12. The van der Waals surface area contributed by atoms with Crippen LogP contribution in [0, 0.1) is 0 Å². The van der Waals surface area contributed by atoms with E-state index in [9.17, 15) is 17.1 Å². The highest BCUT2D eigenvalue weighted by Gasteiger charge is 2.10. The molecule has 8 heteroatoms. The Bertz CT molecular complexity index is 694. The summed E-state index contributed by atoms with van der Waals surface area (Å²) in [4.78, 5) is 17.4. The predicted octanol–water partition coefficient (Wildman–Crippen LogP) is 0.516. The second-order valence-electron chi connectivity index (χ2n) is 2.89. The summed E-state index contributed by atoms with van der Waals surface area (Å²) in [5.74, 6) is -0.284. The van der Waals surface area contributed by atoms with Crippen LogP contribution in [0.25, 0.3) is 10.9 Å². The first-order valence-corrected chi connectivity index (χ1v) is 5.38. The van der Waals surface area contributed by atoms with Crippen molar-refractivity contribution < 1.29 is 16.5 Å².